The van der Waals surface area contributed by atoms with Crippen molar-refractivity contribution in [1.29, 1.82) is 0 Å². The molecule has 5 nitrogen and oxygen atoms in total. The molecular weight excluding hydrogens is 242 g/mol. The van der Waals surface area contributed by atoms with E-state index in [1.807, 2.05) is 17.9 Å². The highest BCUT2D eigenvalue weighted by molar-refractivity contribution is 5.85. The normalized spacial score (nSPS) is 19.2. The molecule has 1 aliphatic heterocycles. The third-order valence-corrected chi connectivity index (χ3v) is 2.91. The summed E-state index contributed by atoms with van der Waals surface area (Å²) in [5.41, 5.74) is 6.26. The Morgan fingerprint density at radius 3 is 3.06 bits per heavy atom. The van der Waals surface area contributed by atoms with E-state index < -0.39 is 0 Å². The first kappa shape index (κ1) is 14.0. The predicted molar refractivity (Wildman–Crippen MR) is 65.8 cm³/mol. The van der Waals surface area contributed by atoms with E-state index in [2.05, 4.69) is 5.16 Å². The first-order valence-corrected chi connectivity index (χ1v) is 5.65. The molecule has 2 rings (SSSR count). The van der Waals surface area contributed by atoms with Crippen LogP contribution in [0.1, 0.15) is 36.8 Å². The van der Waals surface area contributed by atoms with Gasteiger partial charge in [0.2, 0.25) is 5.91 Å². The lowest BCUT2D eigenvalue weighted by atomic mass is 10.1. The predicted octanol–water partition coefficient (Wildman–Crippen LogP) is 1.42. The number of carbonyl (C=O) groups excluding carboxylic acids is 1. The van der Waals surface area contributed by atoms with Crippen molar-refractivity contribution in [2.75, 3.05) is 13.1 Å². The van der Waals surface area contributed by atoms with Crippen LogP contribution >= 0.6 is 12.4 Å². The summed E-state index contributed by atoms with van der Waals surface area (Å²) < 4.78 is 5.23. The number of amides is 1. The number of rotatable bonds is 3. The van der Waals surface area contributed by atoms with E-state index in [1.165, 1.54) is 0 Å². The zero-order chi connectivity index (χ0) is 11.5. The highest BCUT2D eigenvalue weighted by Gasteiger charge is 2.31. The van der Waals surface area contributed by atoms with E-state index in [1.54, 1.807) is 0 Å². The van der Waals surface area contributed by atoms with Gasteiger partial charge in [-0.05, 0) is 19.8 Å². The molecule has 1 aromatic heterocycles. The van der Waals surface area contributed by atoms with Gasteiger partial charge in [0.05, 0.1) is 11.7 Å². The Balaban J connectivity index is 0.00000144. The molecular formula is C11H18ClN3O2. The molecule has 6 heteroatoms. The number of halogens is 1. The van der Waals surface area contributed by atoms with Crippen molar-refractivity contribution in [1.82, 2.24) is 10.1 Å². The van der Waals surface area contributed by atoms with Crippen LogP contribution in [0, 0.1) is 6.92 Å². The second-order valence-electron chi connectivity index (χ2n) is 4.15. The number of hydrogen-bond acceptors (Lipinski definition) is 4. The minimum absolute atomic E-state index is 0. The molecule has 17 heavy (non-hydrogen) atoms. The van der Waals surface area contributed by atoms with Gasteiger partial charge in [-0.15, -0.1) is 12.4 Å². The summed E-state index contributed by atoms with van der Waals surface area (Å²) in [6.07, 6.45) is 2.37. The summed E-state index contributed by atoms with van der Waals surface area (Å²) >= 11 is 0. The van der Waals surface area contributed by atoms with Crippen LogP contribution < -0.4 is 5.73 Å². The van der Waals surface area contributed by atoms with Crippen LogP contribution in [0.2, 0.25) is 0 Å². The van der Waals surface area contributed by atoms with Crippen LogP contribution in [0.5, 0.6) is 0 Å². The van der Waals surface area contributed by atoms with Gasteiger partial charge in [-0.3, -0.25) is 4.79 Å². The van der Waals surface area contributed by atoms with Gasteiger partial charge >= 0.3 is 0 Å². The van der Waals surface area contributed by atoms with Gasteiger partial charge in [-0.1, -0.05) is 5.16 Å². The van der Waals surface area contributed by atoms with Crippen molar-refractivity contribution < 1.29 is 9.32 Å². The molecule has 2 heterocycles. The Labute approximate surface area is 107 Å². The Kier molecular flexibility index (Phi) is 4.96. The molecule has 0 aliphatic carbocycles. The highest BCUT2D eigenvalue weighted by Crippen LogP contribution is 2.32. The fraction of sp³-hybridized carbons (Fsp3) is 0.636. The van der Waals surface area contributed by atoms with Gasteiger partial charge in [0.1, 0.15) is 0 Å². The molecule has 0 spiro atoms. The summed E-state index contributed by atoms with van der Waals surface area (Å²) in [4.78, 5) is 13.7. The van der Waals surface area contributed by atoms with Crippen molar-refractivity contribution in [2.45, 2.75) is 32.2 Å². The van der Waals surface area contributed by atoms with Gasteiger partial charge in [0.25, 0.3) is 0 Å². The molecule has 96 valence electrons. The number of nitrogens with zero attached hydrogens (tertiary/aromatic N) is 2. The topological polar surface area (TPSA) is 72.4 Å². The number of likely N-dealkylation sites (tertiary alicyclic amines) is 1. The summed E-state index contributed by atoms with van der Waals surface area (Å²) in [5, 5.41) is 3.86. The molecule has 1 unspecified atom stereocenters. The van der Waals surface area contributed by atoms with E-state index in [-0.39, 0.29) is 24.4 Å². The zero-order valence-electron chi connectivity index (χ0n) is 9.89. The monoisotopic (exact) mass is 259 g/mol. The number of aryl methyl sites for hydroxylation is 1. The van der Waals surface area contributed by atoms with Crippen LogP contribution in [0.25, 0.3) is 0 Å². The summed E-state index contributed by atoms with van der Waals surface area (Å²) in [5.74, 6) is 0.902. The quantitative estimate of drug-likeness (QED) is 0.891. The second kappa shape index (κ2) is 6.02. The Morgan fingerprint density at radius 2 is 2.47 bits per heavy atom. The van der Waals surface area contributed by atoms with Crippen molar-refractivity contribution in [3.63, 3.8) is 0 Å². The minimum Gasteiger partial charge on any atom is -0.359 e. The van der Waals surface area contributed by atoms with Gasteiger partial charge in [0.15, 0.2) is 5.76 Å². The average Bonchev–Trinajstić information content (AvgIpc) is 2.85. The molecule has 0 radical (unpaired) electrons. The van der Waals surface area contributed by atoms with Crippen molar-refractivity contribution in [3.05, 3.63) is 17.5 Å². The molecule has 0 bridgehead atoms. The van der Waals surface area contributed by atoms with E-state index in [9.17, 15) is 4.79 Å². The van der Waals surface area contributed by atoms with Crippen molar-refractivity contribution in [2.24, 2.45) is 5.73 Å². The molecule has 1 atom stereocenters. The van der Waals surface area contributed by atoms with E-state index >= 15 is 0 Å². The summed E-state index contributed by atoms with van der Waals surface area (Å²) in [6.45, 7) is 3.08. The van der Waals surface area contributed by atoms with E-state index in [0.29, 0.717) is 13.0 Å². The van der Waals surface area contributed by atoms with Gasteiger partial charge in [-0.2, -0.15) is 0 Å². The van der Waals surface area contributed by atoms with Crippen LogP contribution in [-0.4, -0.2) is 29.1 Å². The van der Waals surface area contributed by atoms with Crippen molar-refractivity contribution >= 4 is 18.3 Å². The Hall–Kier alpha value is -1.07. The van der Waals surface area contributed by atoms with Crippen LogP contribution in [0.15, 0.2) is 10.6 Å². The molecule has 1 fully saturated rings. The second-order valence-corrected chi connectivity index (χ2v) is 4.15. The molecule has 1 amide bonds. The Bertz CT molecular complexity index is 381. The summed E-state index contributed by atoms with van der Waals surface area (Å²) in [7, 11) is 0. The zero-order valence-corrected chi connectivity index (χ0v) is 10.7. The molecule has 2 N–H and O–H groups in total. The smallest absolute Gasteiger partial charge is 0.224 e. The molecule has 0 aromatic carbocycles. The Morgan fingerprint density at radius 1 is 1.71 bits per heavy atom. The van der Waals surface area contributed by atoms with Crippen LogP contribution in [0.3, 0.4) is 0 Å². The molecule has 1 aliphatic rings. The van der Waals surface area contributed by atoms with Gasteiger partial charge < -0.3 is 15.2 Å². The number of aromatic nitrogens is 1. The van der Waals surface area contributed by atoms with Gasteiger partial charge in [-0.25, -0.2) is 0 Å². The van der Waals surface area contributed by atoms with Crippen molar-refractivity contribution in [3.8, 4) is 0 Å². The highest BCUT2D eigenvalue weighted by atomic mass is 35.5. The SMILES string of the molecule is Cc1cc(C2CCCN2C(=O)CCN)on1.Cl. The maximum absolute atomic E-state index is 11.8. The maximum Gasteiger partial charge on any atom is 0.224 e. The number of hydrogen-bond donors (Lipinski definition) is 1. The standard InChI is InChI=1S/C11H17N3O2.ClH/c1-8-7-10(16-13-8)9-3-2-6-14(9)11(15)4-5-12;/h7,9H,2-6,12H2,1H3;1H. The lowest BCUT2D eigenvalue weighted by molar-refractivity contribution is -0.132. The molecule has 1 saturated heterocycles. The maximum atomic E-state index is 11.8. The fourth-order valence-electron chi connectivity index (χ4n) is 2.17. The third-order valence-electron chi connectivity index (χ3n) is 2.91. The number of nitrogens with two attached hydrogens (primary N) is 1. The largest absolute Gasteiger partial charge is 0.359 e. The minimum atomic E-state index is 0. The van der Waals surface area contributed by atoms with Gasteiger partial charge in [0, 0.05) is 25.6 Å². The van der Waals surface area contributed by atoms with E-state index in [4.69, 9.17) is 10.3 Å². The van der Waals surface area contributed by atoms with Crippen LogP contribution in [-0.2, 0) is 4.79 Å². The number of carbonyl (C=O) groups is 1. The van der Waals surface area contributed by atoms with E-state index in [0.717, 1.165) is 30.8 Å². The average molecular weight is 260 g/mol. The lowest BCUT2D eigenvalue weighted by Crippen LogP contribution is -2.31. The fourth-order valence-corrected chi connectivity index (χ4v) is 2.17. The van der Waals surface area contributed by atoms with Crippen LogP contribution in [0.4, 0.5) is 0 Å². The molecule has 1 aromatic rings. The summed E-state index contributed by atoms with van der Waals surface area (Å²) in [6, 6.07) is 1.96. The molecule has 0 saturated carbocycles. The first-order chi connectivity index (χ1) is 7.72. The first-order valence-electron chi connectivity index (χ1n) is 5.65. The third kappa shape index (κ3) is 2.98. The lowest BCUT2D eigenvalue weighted by Gasteiger charge is -2.22.